The van der Waals surface area contributed by atoms with Crippen LogP contribution in [0.5, 0.6) is 0 Å². The van der Waals surface area contributed by atoms with Crippen LogP contribution in [0.1, 0.15) is 32.2 Å². The summed E-state index contributed by atoms with van der Waals surface area (Å²) in [5, 5.41) is 15.9. The van der Waals surface area contributed by atoms with Crippen LogP contribution in [-0.2, 0) is 16.8 Å². The summed E-state index contributed by atoms with van der Waals surface area (Å²) in [5.41, 5.74) is 4.06. The summed E-state index contributed by atoms with van der Waals surface area (Å²) < 4.78 is 3.18. The second kappa shape index (κ2) is 11.3. The van der Waals surface area contributed by atoms with E-state index in [1.807, 2.05) is 59.2 Å². The molecule has 0 saturated heterocycles. The van der Waals surface area contributed by atoms with Crippen LogP contribution in [0.2, 0.25) is 0 Å². The van der Waals surface area contributed by atoms with Gasteiger partial charge in [-0.15, -0.1) is 10.2 Å². The fourth-order valence-electron chi connectivity index (χ4n) is 3.47. The zero-order valence-electron chi connectivity index (χ0n) is 20.0. The highest BCUT2D eigenvalue weighted by Gasteiger charge is 2.17. The predicted octanol–water partition coefficient (Wildman–Crippen LogP) is 6.51. The van der Waals surface area contributed by atoms with Crippen molar-refractivity contribution in [1.29, 1.82) is 0 Å². The van der Waals surface area contributed by atoms with Crippen LogP contribution in [0, 0.1) is 3.57 Å². The van der Waals surface area contributed by atoms with Crippen LogP contribution in [0.15, 0.2) is 84.0 Å². The van der Waals surface area contributed by atoms with Crippen molar-refractivity contribution in [3.8, 4) is 5.69 Å². The normalized spacial score (nSPS) is 11.3. The molecule has 4 aromatic rings. The third kappa shape index (κ3) is 6.85. The molecule has 6 nitrogen and oxygen atoms in total. The van der Waals surface area contributed by atoms with Gasteiger partial charge < -0.3 is 10.6 Å². The molecule has 3 aromatic carbocycles. The van der Waals surface area contributed by atoms with Crippen molar-refractivity contribution >= 4 is 51.6 Å². The number of aromatic nitrogens is 3. The summed E-state index contributed by atoms with van der Waals surface area (Å²) >= 11 is 3.66. The minimum atomic E-state index is -0.0836. The van der Waals surface area contributed by atoms with Gasteiger partial charge in [-0.2, -0.15) is 0 Å². The third-order valence-corrected chi connectivity index (χ3v) is 7.02. The van der Waals surface area contributed by atoms with E-state index in [4.69, 9.17) is 0 Å². The van der Waals surface area contributed by atoms with Gasteiger partial charge in [0.05, 0.1) is 12.3 Å². The highest BCUT2D eigenvalue weighted by molar-refractivity contribution is 14.1. The van der Waals surface area contributed by atoms with E-state index in [9.17, 15) is 4.79 Å². The van der Waals surface area contributed by atoms with E-state index in [1.165, 1.54) is 20.9 Å². The Morgan fingerprint density at radius 3 is 2.23 bits per heavy atom. The molecule has 0 unspecified atom stereocenters. The van der Waals surface area contributed by atoms with E-state index in [0.717, 1.165) is 22.9 Å². The molecule has 0 saturated carbocycles. The highest BCUT2D eigenvalue weighted by Crippen LogP contribution is 2.25. The number of thioether (sulfide) groups is 1. The minimum Gasteiger partial charge on any atom is -0.378 e. The van der Waals surface area contributed by atoms with Gasteiger partial charge in [-0.3, -0.25) is 9.36 Å². The lowest BCUT2D eigenvalue weighted by atomic mass is 9.87. The first-order chi connectivity index (χ1) is 16.8. The van der Waals surface area contributed by atoms with Crippen molar-refractivity contribution in [2.24, 2.45) is 0 Å². The first kappa shape index (κ1) is 25.2. The SMILES string of the molecule is CC(C)(C)c1ccc(NC(=O)CSc2nnc(CNc3ccc(I)cc3)n2-c2ccccc2)cc1. The zero-order chi connectivity index (χ0) is 24.8. The minimum absolute atomic E-state index is 0.0750. The van der Waals surface area contributed by atoms with Crippen LogP contribution in [0.4, 0.5) is 11.4 Å². The molecule has 1 amide bonds. The van der Waals surface area contributed by atoms with Crippen molar-refractivity contribution in [3.05, 3.63) is 93.8 Å². The molecule has 4 rings (SSSR count). The summed E-state index contributed by atoms with van der Waals surface area (Å²) in [5.74, 6) is 0.923. The molecule has 8 heteroatoms. The predicted molar refractivity (Wildman–Crippen MR) is 152 cm³/mol. The Morgan fingerprint density at radius 1 is 0.914 bits per heavy atom. The van der Waals surface area contributed by atoms with E-state index in [2.05, 4.69) is 88.5 Å². The zero-order valence-corrected chi connectivity index (χ0v) is 22.9. The lowest BCUT2D eigenvalue weighted by Crippen LogP contribution is -2.15. The third-order valence-electron chi connectivity index (χ3n) is 5.38. The van der Waals surface area contributed by atoms with Crippen LogP contribution >= 0.6 is 34.4 Å². The number of halogens is 1. The molecule has 0 atom stereocenters. The van der Waals surface area contributed by atoms with Gasteiger partial charge in [0.1, 0.15) is 0 Å². The van der Waals surface area contributed by atoms with Gasteiger partial charge in [0.25, 0.3) is 0 Å². The fraction of sp³-hybridized carbons (Fsp3) is 0.222. The molecule has 1 heterocycles. The number of hydrogen-bond acceptors (Lipinski definition) is 5. The Kier molecular flexibility index (Phi) is 8.12. The monoisotopic (exact) mass is 597 g/mol. The van der Waals surface area contributed by atoms with Gasteiger partial charge in [0, 0.05) is 20.6 Å². The van der Waals surface area contributed by atoms with Gasteiger partial charge >= 0.3 is 0 Å². The molecule has 180 valence electrons. The number of rotatable bonds is 8. The Balaban J connectivity index is 1.45. The van der Waals surface area contributed by atoms with Crippen LogP contribution in [0.25, 0.3) is 5.69 Å². The number of para-hydroxylation sites is 1. The molecule has 0 radical (unpaired) electrons. The number of hydrogen-bond donors (Lipinski definition) is 2. The standard InChI is InChI=1S/C27H28IN5OS/c1-27(2,3)19-9-13-22(14-10-19)30-25(34)18-35-26-32-31-24(33(26)23-7-5-4-6-8-23)17-29-21-15-11-20(28)12-16-21/h4-16,29H,17-18H2,1-3H3,(H,30,34). The van der Waals surface area contributed by atoms with Crippen LogP contribution < -0.4 is 10.6 Å². The highest BCUT2D eigenvalue weighted by atomic mass is 127. The molecule has 0 aliphatic carbocycles. The molecule has 0 aliphatic rings. The summed E-state index contributed by atoms with van der Waals surface area (Å²) in [6.45, 7) is 7.02. The molecule has 1 aromatic heterocycles. The van der Waals surface area contributed by atoms with Gasteiger partial charge in [-0.1, -0.05) is 62.9 Å². The topological polar surface area (TPSA) is 71.8 Å². The fourth-order valence-corrected chi connectivity index (χ4v) is 4.60. The summed E-state index contributed by atoms with van der Waals surface area (Å²) in [6, 6.07) is 26.2. The van der Waals surface area contributed by atoms with E-state index in [1.54, 1.807) is 0 Å². The molecule has 0 bridgehead atoms. The Hall–Kier alpha value is -2.85. The average Bonchev–Trinajstić information content (AvgIpc) is 3.25. The molecule has 0 fully saturated rings. The number of nitrogens with zero attached hydrogens (tertiary/aromatic N) is 3. The van der Waals surface area contributed by atoms with E-state index >= 15 is 0 Å². The molecule has 2 N–H and O–H groups in total. The summed E-state index contributed by atoms with van der Waals surface area (Å²) in [4.78, 5) is 12.7. The smallest absolute Gasteiger partial charge is 0.234 e. The number of amides is 1. The Morgan fingerprint density at radius 2 is 1.57 bits per heavy atom. The van der Waals surface area contributed by atoms with E-state index < -0.39 is 0 Å². The van der Waals surface area contributed by atoms with Gasteiger partial charge in [-0.25, -0.2) is 0 Å². The van der Waals surface area contributed by atoms with Gasteiger partial charge in [0.15, 0.2) is 11.0 Å². The summed E-state index contributed by atoms with van der Waals surface area (Å²) in [7, 11) is 0. The summed E-state index contributed by atoms with van der Waals surface area (Å²) in [6.07, 6.45) is 0. The second-order valence-electron chi connectivity index (χ2n) is 9.09. The molecular formula is C27H28IN5OS. The average molecular weight is 598 g/mol. The van der Waals surface area contributed by atoms with Gasteiger partial charge in [0.2, 0.25) is 5.91 Å². The molecular weight excluding hydrogens is 569 g/mol. The van der Waals surface area contributed by atoms with Crippen LogP contribution in [0.3, 0.4) is 0 Å². The van der Waals surface area contributed by atoms with Crippen molar-refractivity contribution < 1.29 is 4.79 Å². The maximum atomic E-state index is 12.7. The maximum Gasteiger partial charge on any atom is 0.234 e. The lowest BCUT2D eigenvalue weighted by molar-refractivity contribution is -0.113. The van der Waals surface area contributed by atoms with Crippen molar-refractivity contribution in [3.63, 3.8) is 0 Å². The van der Waals surface area contributed by atoms with Crippen molar-refractivity contribution in [2.45, 2.75) is 37.9 Å². The first-order valence-electron chi connectivity index (χ1n) is 11.3. The first-order valence-corrected chi connectivity index (χ1v) is 13.4. The van der Waals surface area contributed by atoms with Gasteiger partial charge in [-0.05, 0) is 82.1 Å². The van der Waals surface area contributed by atoms with E-state index in [-0.39, 0.29) is 17.1 Å². The van der Waals surface area contributed by atoms with E-state index in [0.29, 0.717) is 11.7 Å². The molecule has 35 heavy (non-hydrogen) atoms. The molecule has 0 aliphatic heterocycles. The largest absolute Gasteiger partial charge is 0.378 e. The number of carbonyl (C=O) groups excluding carboxylic acids is 1. The Bertz CT molecular complexity index is 1270. The van der Waals surface area contributed by atoms with Crippen LogP contribution in [-0.4, -0.2) is 26.4 Å². The Labute approximate surface area is 224 Å². The van der Waals surface area contributed by atoms with Crippen molar-refractivity contribution in [2.75, 3.05) is 16.4 Å². The number of anilines is 2. The number of nitrogens with one attached hydrogen (secondary N) is 2. The molecule has 0 spiro atoms. The second-order valence-corrected chi connectivity index (χ2v) is 11.3. The van der Waals surface area contributed by atoms with Crippen molar-refractivity contribution in [1.82, 2.24) is 14.8 Å². The number of carbonyl (C=O) groups is 1. The number of benzene rings is 3. The lowest BCUT2D eigenvalue weighted by Gasteiger charge is -2.19. The quantitative estimate of drug-likeness (QED) is 0.179. The maximum absolute atomic E-state index is 12.7.